The number of halogens is 1. The second kappa shape index (κ2) is 5.69. The van der Waals surface area contributed by atoms with E-state index in [0.29, 0.717) is 18.2 Å². The maximum atomic E-state index is 5.98. The molecular formula is C13H18ClN3O. The molecule has 18 heavy (non-hydrogen) atoms. The zero-order valence-corrected chi connectivity index (χ0v) is 11.4. The summed E-state index contributed by atoms with van der Waals surface area (Å²) in [5, 5.41) is 0.688. The summed E-state index contributed by atoms with van der Waals surface area (Å²) < 4.78 is 7.50. The van der Waals surface area contributed by atoms with Crippen LogP contribution in [0, 0.1) is 0 Å². The molecule has 98 valence electrons. The zero-order valence-electron chi connectivity index (χ0n) is 10.7. The Morgan fingerprint density at radius 1 is 1.50 bits per heavy atom. The van der Waals surface area contributed by atoms with Crippen molar-refractivity contribution in [2.45, 2.75) is 26.4 Å². The van der Waals surface area contributed by atoms with Crippen LogP contribution in [0.5, 0.6) is 0 Å². The number of rotatable bonds is 5. The monoisotopic (exact) mass is 267 g/mol. The third kappa shape index (κ3) is 2.66. The largest absolute Gasteiger partial charge is 0.380 e. The molecular weight excluding hydrogens is 250 g/mol. The molecule has 1 aromatic carbocycles. The SMILES string of the molecule is CCOCCn1c(C(C)N)nc2cc(Cl)ccc21. The van der Waals surface area contributed by atoms with Gasteiger partial charge in [0.25, 0.3) is 0 Å². The van der Waals surface area contributed by atoms with E-state index in [1.807, 2.05) is 32.0 Å². The molecule has 0 aliphatic carbocycles. The number of nitrogens with two attached hydrogens (primary N) is 1. The summed E-state index contributed by atoms with van der Waals surface area (Å²) in [5.41, 5.74) is 7.89. The molecule has 2 N–H and O–H groups in total. The Morgan fingerprint density at radius 2 is 2.28 bits per heavy atom. The van der Waals surface area contributed by atoms with E-state index >= 15 is 0 Å². The van der Waals surface area contributed by atoms with Gasteiger partial charge in [-0.05, 0) is 32.0 Å². The molecule has 0 bridgehead atoms. The van der Waals surface area contributed by atoms with Gasteiger partial charge in [0, 0.05) is 18.2 Å². The molecule has 0 aliphatic rings. The Kier molecular flexibility index (Phi) is 4.22. The van der Waals surface area contributed by atoms with Crippen LogP contribution in [-0.2, 0) is 11.3 Å². The maximum Gasteiger partial charge on any atom is 0.126 e. The fourth-order valence-electron chi connectivity index (χ4n) is 2.00. The van der Waals surface area contributed by atoms with Gasteiger partial charge in [-0.15, -0.1) is 0 Å². The molecule has 0 fully saturated rings. The van der Waals surface area contributed by atoms with Gasteiger partial charge >= 0.3 is 0 Å². The molecule has 0 saturated carbocycles. The number of hydrogen-bond donors (Lipinski definition) is 1. The van der Waals surface area contributed by atoms with E-state index in [2.05, 4.69) is 9.55 Å². The van der Waals surface area contributed by atoms with Gasteiger partial charge in [-0.25, -0.2) is 4.98 Å². The number of fused-ring (bicyclic) bond motifs is 1. The molecule has 1 aromatic heterocycles. The zero-order chi connectivity index (χ0) is 13.1. The van der Waals surface area contributed by atoms with Crippen molar-refractivity contribution in [2.75, 3.05) is 13.2 Å². The minimum Gasteiger partial charge on any atom is -0.380 e. The summed E-state index contributed by atoms with van der Waals surface area (Å²) in [6.45, 7) is 6.04. The number of hydrogen-bond acceptors (Lipinski definition) is 3. The predicted octanol–water partition coefficient (Wildman–Crippen LogP) is 2.75. The van der Waals surface area contributed by atoms with Crippen molar-refractivity contribution in [3.8, 4) is 0 Å². The van der Waals surface area contributed by atoms with Gasteiger partial charge in [-0.2, -0.15) is 0 Å². The van der Waals surface area contributed by atoms with Gasteiger partial charge in [0.15, 0.2) is 0 Å². The second-order valence-electron chi connectivity index (χ2n) is 4.24. The normalized spacial score (nSPS) is 13.1. The van der Waals surface area contributed by atoms with Crippen LogP contribution in [0.25, 0.3) is 11.0 Å². The highest BCUT2D eigenvalue weighted by Crippen LogP contribution is 2.22. The van der Waals surface area contributed by atoms with Gasteiger partial charge in [-0.1, -0.05) is 11.6 Å². The Morgan fingerprint density at radius 3 is 2.94 bits per heavy atom. The first-order valence-electron chi connectivity index (χ1n) is 6.12. The highest BCUT2D eigenvalue weighted by atomic mass is 35.5. The van der Waals surface area contributed by atoms with E-state index in [1.54, 1.807) is 0 Å². The Labute approximate surface area is 112 Å². The van der Waals surface area contributed by atoms with E-state index in [-0.39, 0.29) is 6.04 Å². The summed E-state index contributed by atoms with van der Waals surface area (Å²) in [5.74, 6) is 0.868. The van der Waals surface area contributed by atoms with Gasteiger partial charge in [0.2, 0.25) is 0 Å². The highest BCUT2D eigenvalue weighted by molar-refractivity contribution is 6.31. The summed E-state index contributed by atoms with van der Waals surface area (Å²) >= 11 is 5.98. The van der Waals surface area contributed by atoms with Crippen LogP contribution in [0.3, 0.4) is 0 Å². The van der Waals surface area contributed by atoms with Crippen LogP contribution < -0.4 is 5.73 Å². The Bertz CT molecular complexity index is 536. The fraction of sp³-hybridized carbons (Fsp3) is 0.462. The van der Waals surface area contributed by atoms with Crippen molar-refractivity contribution >= 4 is 22.6 Å². The topological polar surface area (TPSA) is 53.1 Å². The standard InChI is InChI=1S/C13H18ClN3O/c1-3-18-7-6-17-12-5-4-10(14)8-11(12)16-13(17)9(2)15/h4-5,8-9H,3,6-7,15H2,1-2H3. The van der Waals surface area contributed by atoms with Crippen LogP contribution in [0.2, 0.25) is 5.02 Å². The average Bonchev–Trinajstić information content (AvgIpc) is 2.68. The fourth-order valence-corrected chi connectivity index (χ4v) is 2.17. The third-order valence-electron chi connectivity index (χ3n) is 2.81. The van der Waals surface area contributed by atoms with Crippen LogP contribution in [0.1, 0.15) is 25.7 Å². The van der Waals surface area contributed by atoms with E-state index in [1.165, 1.54) is 0 Å². The lowest BCUT2D eigenvalue weighted by Gasteiger charge is -2.11. The molecule has 1 unspecified atom stereocenters. The first kappa shape index (κ1) is 13.3. The van der Waals surface area contributed by atoms with Gasteiger partial charge < -0.3 is 15.0 Å². The molecule has 0 spiro atoms. The van der Waals surface area contributed by atoms with Crippen molar-refractivity contribution in [2.24, 2.45) is 5.73 Å². The molecule has 0 aliphatic heterocycles. The van der Waals surface area contributed by atoms with Crippen molar-refractivity contribution in [1.29, 1.82) is 0 Å². The van der Waals surface area contributed by atoms with Crippen LogP contribution >= 0.6 is 11.6 Å². The minimum atomic E-state index is -0.113. The van der Waals surface area contributed by atoms with Crippen molar-refractivity contribution < 1.29 is 4.74 Å². The highest BCUT2D eigenvalue weighted by Gasteiger charge is 2.13. The molecule has 0 radical (unpaired) electrons. The van der Waals surface area contributed by atoms with E-state index in [0.717, 1.165) is 23.4 Å². The quantitative estimate of drug-likeness (QED) is 0.848. The minimum absolute atomic E-state index is 0.113. The molecule has 0 saturated heterocycles. The number of nitrogens with zero attached hydrogens (tertiary/aromatic N) is 2. The maximum absolute atomic E-state index is 5.98. The third-order valence-corrected chi connectivity index (χ3v) is 3.05. The Hall–Kier alpha value is -1.10. The summed E-state index contributed by atoms with van der Waals surface area (Å²) in [4.78, 5) is 4.55. The van der Waals surface area contributed by atoms with Crippen LogP contribution in [0.15, 0.2) is 18.2 Å². The molecule has 5 heteroatoms. The first-order valence-corrected chi connectivity index (χ1v) is 6.50. The summed E-state index contributed by atoms with van der Waals surface area (Å²) in [6.07, 6.45) is 0. The number of benzene rings is 1. The van der Waals surface area contributed by atoms with E-state index in [4.69, 9.17) is 22.1 Å². The van der Waals surface area contributed by atoms with Crippen molar-refractivity contribution in [3.05, 3.63) is 29.0 Å². The summed E-state index contributed by atoms with van der Waals surface area (Å²) in [7, 11) is 0. The second-order valence-corrected chi connectivity index (χ2v) is 4.68. The molecule has 1 heterocycles. The predicted molar refractivity (Wildman–Crippen MR) is 73.8 cm³/mol. The lowest BCUT2D eigenvalue weighted by Crippen LogP contribution is -2.15. The van der Waals surface area contributed by atoms with Gasteiger partial charge in [-0.3, -0.25) is 0 Å². The molecule has 2 aromatic rings. The van der Waals surface area contributed by atoms with Crippen LogP contribution in [-0.4, -0.2) is 22.8 Å². The smallest absolute Gasteiger partial charge is 0.126 e. The van der Waals surface area contributed by atoms with E-state index < -0.39 is 0 Å². The van der Waals surface area contributed by atoms with Crippen LogP contribution in [0.4, 0.5) is 0 Å². The van der Waals surface area contributed by atoms with Crippen molar-refractivity contribution in [1.82, 2.24) is 9.55 Å². The number of aromatic nitrogens is 2. The molecule has 0 amide bonds. The number of imidazole rings is 1. The van der Waals surface area contributed by atoms with Crippen molar-refractivity contribution in [3.63, 3.8) is 0 Å². The number of ether oxygens (including phenoxy) is 1. The molecule has 1 atom stereocenters. The van der Waals surface area contributed by atoms with Gasteiger partial charge in [0.1, 0.15) is 5.82 Å². The van der Waals surface area contributed by atoms with E-state index in [9.17, 15) is 0 Å². The lowest BCUT2D eigenvalue weighted by atomic mass is 10.3. The summed E-state index contributed by atoms with van der Waals surface area (Å²) in [6, 6.07) is 5.59. The average molecular weight is 268 g/mol. The Balaban J connectivity index is 2.42. The molecule has 2 rings (SSSR count). The first-order chi connectivity index (χ1) is 8.63. The molecule has 4 nitrogen and oxygen atoms in total. The van der Waals surface area contributed by atoms with Gasteiger partial charge in [0.05, 0.1) is 23.7 Å². The lowest BCUT2D eigenvalue weighted by molar-refractivity contribution is 0.139.